The molecule has 0 radical (unpaired) electrons. The maximum absolute atomic E-state index is 6.49. The Hall–Kier alpha value is -7.38. The van der Waals surface area contributed by atoms with Gasteiger partial charge in [-0.05, 0) is 60.7 Å². The van der Waals surface area contributed by atoms with Gasteiger partial charge < -0.3 is 8.83 Å². The summed E-state index contributed by atoms with van der Waals surface area (Å²) in [6.07, 6.45) is 0. The number of fused-ring (bicyclic) bond motifs is 7. The van der Waals surface area contributed by atoms with Crippen molar-refractivity contribution >= 4 is 54.9 Å². The van der Waals surface area contributed by atoms with Crippen LogP contribution in [0.1, 0.15) is 0 Å². The van der Waals surface area contributed by atoms with E-state index in [1.54, 1.807) is 0 Å². The van der Waals surface area contributed by atoms with Gasteiger partial charge in [-0.1, -0.05) is 103 Å². The average Bonchev–Trinajstić information content (AvgIpc) is 3.92. The summed E-state index contributed by atoms with van der Waals surface area (Å²) in [6.45, 7) is 0. The number of imidazole rings is 1. The van der Waals surface area contributed by atoms with Crippen molar-refractivity contribution in [2.45, 2.75) is 0 Å². The second-order valence-corrected chi connectivity index (χ2v) is 13.0. The molecule has 248 valence electrons. The first kappa shape index (κ1) is 29.4. The number of nitrogens with zero attached hydrogens (tertiary/aromatic N) is 5. The Labute approximate surface area is 302 Å². The predicted octanol–water partition coefficient (Wildman–Crippen LogP) is 11.7. The molecule has 11 rings (SSSR count). The van der Waals surface area contributed by atoms with Gasteiger partial charge in [-0.25, -0.2) is 19.9 Å². The molecule has 0 atom stereocenters. The highest BCUT2D eigenvalue weighted by Gasteiger charge is 2.22. The van der Waals surface area contributed by atoms with Gasteiger partial charge in [0.25, 0.3) is 0 Å². The maximum atomic E-state index is 6.49. The molecule has 7 nitrogen and oxygen atoms in total. The number of aromatic nitrogens is 5. The van der Waals surface area contributed by atoms with Crippen molar-refractivity contribution in [1.29, 1.82) is 0 Å². The third-order valence-electron chi connectivity index (χ3n) is 9.88. The fourth-order valence-electron chi connectivity index (χ4n) is 7.47. The Kier molecular flexibility index (Phi) is 6.42. The third-order valence-corrected chi connectivity index (χ3v) is 9.88. The van der Waals surface area contributed by atoms with Crippen molar-refractivity contribution in [3.05, 3.63) is 164 Å². The van der Waals surface area contributed by atoms with Gasteiger partial charge in [-0.2, -0.15) is 0 Å². The lowest BCUT2D eigenvalue weighted by Gasteiger charge is -2.10. The summed E-state index contributed by atoms with van der Waals surface area (Å²) in [6, 6.07) is 55.1. The lowest BCUT2D eigenvalue weighted by molar-refractivity contribution is 0.668. The minimum Gasteiger partial charge on any atom is -0.456 e. The number of para-hydroxylation sites is 5. The van der Waals surface area contributed by atoms with Gasteiger partial charge in [0.2, 0.25) is 0 Å². The molecule has 53 heavy (non-hydrogen) atoms. The highest BCUT2D eigenvalue weighted by Crippen LogP contribution is 2.40. The second-order valence-electron chi connectivity index (χ2n) is 13.0. The van der Waals surface area contributed by atoms with E-state index in [2.05, 4.69) is 59.2 Å². The Bertz CT molecular complexity index is 3180. The summed E-state index contributed by atoms with van der Waals surface area (Å²) < 4.78 is 15.1. The SMILES string of the molecule is c1ccc(-c2nc(-c3cccc4c3oc3ccccc34)nc(-c3cccc4oc5ccc(-c6nc7ccccc7n6-c6ccccc6)cc5c34)n2)cc1. The normalized spacial score (nSPS) is 11.8. The first-order chi connectivity index (χ1) is 26.3. The average molecular weight is 682 g/mol. The molecule has 0 aliphatic heterocycles. The van der Waals surface area contributed by atoms with Crippen LogP contribution in [0.3, 0.4) is 0 Å². The lowest BCUT2D eigenvalue weighted by atomic mass is 10.0. The molecule has 0 fully saturated rings. The van der Waals surface area contributed by atoms with Crippen LogP contribution in [0.5, 0.6) is 0 Å². The van der Waals surface area contributed by atoms with E-state index in [4.69, 9.17) is 28.8 Å². The van der Waals surface area contributed by atoms with Crippen LogP contribution >= 0.6 is 0 Å². The van der Waals surface area contributed by atoms with E-state index in [0.717, 1.165) is 88.7 Å². The molecule has 7 aromatic carbocycles. The molecule has 0 aliphatic rings. The van der Waals surface area contributed by atoms with E-state index >= 15 is 0 Å². The van der Waals surface area contributed by atoms with Crippen LogP contribution in [-0.4, -0.2) is 24.5 Å². The molecule has 0 N–H and O–H groups in total. The van der Waals surface area contributed by atoms with Gasteiger partial charge in [0.15, 0.2) is 17.5 Å². The first-order valence-electron chi connectivity index (χ1n) is 17.5. The number of hydrogen-bond acceptors (Lipinski definition) is 6. The van der Waals surface area contributed by atoms with Crippen LogP contribution in [0.15, 0.2) is 173 Å². The van der Waals surface area contributed by atoms with Gasteiger partial charge in [0, 0.05) is 43.9 Å². The van der Waals surface area contributed by atoms with Crippen LogP contribution in [0.4, 0.5) is 0 Å². The van der Waals surface area contributed by atoms with E-state index in [1.165, 1.54) is 0 Å². The Morgan fingerprint density at radius 2 is 1.08 bits per heavy atom. The van der Waals surface area contributed by atoms with Crippen LogP contribution in [0.25, 0.3) is 106 Å². The first-order valence-corrected chi connectivity index (χ1v) is 17.5. The quantitative estimate of drug-likeness (QED) is 0.180. The zero-order chi connectivity index (χ0) is 34.9. The van der Waals surface area contributed by atoms with E-state index < -0.39 is 0 Å². The van der Waals surface area contributed by atoms with Crippen molar-refractivity contribution in [2.75, 3.05) is 0 Å². The molecule has 0 spiro atoms. The monoisotopic (exact) mass is 681 g/mol. The van der Waals surface area contributed by atoms with E-state index in [1.807, 2.05) is 109 Å². The Morgan fingerprint density at radius 1 is 0.415 bits per heavy atom. The minimum atomic E-state index is 0.528. The summed E-state index contributed by atoms with van der Waals surface area (Å²) in [7, 11) is 0. The molecule has 0 saturated carbocycles. The van der Waals surface area contributed by atoms with Crippen molar-refractivity contribution in [2.24, 2.45) is 0 Å². The smallest absolute Gasteiger partial charge is 0.167 e. The number of hydrogen-bond donors (Lipinski definition) is 0. The molecule has 0 unspecified atom stereocenters. The fourth-order valence-corrected chi connectivity index (χ4v) is 7.47. The number of benzene rings is 7. The largest absolute Gasteiger partial charge is 0.456 e. The second kappa shape index (κ2) is 11.6. The standard InChI is InChI=1S/C46H27N5O2/c1-3-13-28(14-4-1)43-48-44(50-45(49-43)34-20-11-18-32-31-17-7-10-23-38(31)53-42(32)34)33-19-12-24-40-41(33)35-27-29(25-26-39(35)52-40)46-47-36-21-8-9-22-37(36)51(46)30-15-5-2-6-16-30/h1-27H. The number of furan rings is 2. The molecule has 0 bridgehead atoms. The van der Waals surface area contributed by atoms with Gasteiger partial charge >= 0.3 is 0 Å². The highest BCUT2D eigenvalue weighted by molar-refractivity contribution is 6.13. The zero-order valence-electron chi connectivity index (χ0n) is 28.1. The minimum absolute atomic E-state index is 0.528. The maximum Gasteiger partial charge on any atom is 0.167 e. The summed E-state index contributed by atoms with van der Waals surface area (Å²) in [4.78, 5) is 20.5. The van der Waals surface area contributed by atoms with Crippen molar-refractivity contribution in [3.8, 4) is 51.2 Å². The molecule has 4 aromatic heterocycles. The molecular formula is C46H27N5O2. The third kappa shape index (κ3) is 4.68. The molecule has 7 heteroatoms. The summed E-state index contributed by atoms with van der Waals surface area (Å²) in [5.74, 6) is 2.48. The predicted molar refractivity (Wildman–Crippen MR) is 211 cm³/mol. The van der Waals surface area contributed by atoms with Gasteiger partial charge in [-0.3, -0.25) is 4.57 Å². The van der Waals surface area contributed by atoms with Crippen LogP contribution in [-0.2, 0) is 0 Å². The lowest BCUT2D eigenvalue weighted by Crippen LogP contribution is -2.00. The van der Waals surface area contributed by atoms with Crippen molar-refractivity contribution in [1.82, 2.24) is 24.5 Å². The van der Waals surface area contributed by atoms with E-state index in [9.17, 15) is 0 Å². The van der Waals surface area contributed by atoms with Crippen molar-refractivity contribution in [3.63, 3.8) is 0 Å². The number of rotatable bonds is 5. The van der Waals surface area contributed by atoms with E-state index in [0.29, 0.717) is 17.5 Å². The van der Waals surface area contributed by atoms with Crippen LogP contribution in [0, 0.1) is 0 Å². The van der Waals surface area contributed by atoms with Crippen LogP contribution in [0.2, 0.25) is 0 Å². The molecule has 11 aromatic rings. The summed E-state index contributed by atoms with van der Waals surface area (Å²) in [5.41, 5.74) is 9.57. The molecule has 4 heterocycles. The molecule has 0 amide bonds. The van der Waals surface area contributed by atoms with Gasteiger partial charge in [0.05, 0.1) is 16.6 Å². The Morgan fingerprint density at radius 3 is 1.96 bits per heavy atom. The van der Waals surface area contributed by atoms with Gasteiger partial charge in [-0.15, -0.1) is 0 Å². The zero-order valence-corrected chi connectivity index (χ0v) is 28.1. The summed E-state index contributed by atoms with van der Waals surface area (Å²) >= 11 is 0. The molecule has 0 aliphatic carbocycles. The molecular weight excluding hydrogens is 655 g/mol. The van der Waals surface area contributed by atoms with Crippen LogP contribution < -0.4 is 0 Å². The fraction of sp³-hybridized carbons (Fsp3) is 0. The highest BCUT2D eigenvalue weighted by atomic mass is 16.3. The molecule has 0 saturated heterocycles. The van der Waals surface area contributed by atoms with E-state index in [-0.39, 0.29) is 0 Å². The topological polar surface area (TPSA) is 82.8 Å². The summed E-state index contributed by atoms with van der Waals surface area (Å²) in [5, 5.41) is 3.93. The van der Waals surface area contributed by atoms with Gasteiger partial charge in [0.1, 0.15) is 28.2 Å². The van der Waals surface area contributed by atoms with Crippen molar-refractivity contribution < 1.29 is 8.83 Å². The Balaban J connectivity index is 1.15.